The molecule has 0 aromatic heterocycles. The van der Waals surface area contributed by atoms with Crippen LogP contribution in [0.2, 0.25) is 0 Å². The van der Waals surface area contributed by atoms with E-state index in [2.05, 4.69) is 0 Å². The van der Waals surface area contributed by atoms with Crippen LogP contribution >= 0.6 is 0 Å². The van der Waals surface area contributed by atoms with Crippen LogP contribution in [-0.4, -0.2) is 41.7 Å². The van der Waals surface area contributed by atoms with Gasteiger partial charge < -0.3 is 15.6 Å². The SMILES string of the molecule is NC(CC=O)N1CCCC1CO. The molecule has 1 saturated heterocycles. The lowest BCUT2D eigenvalue weighted by Crippen LogP contribution is -2.46. The van der Waals surface area contributed by atoms with Gasteiger partial charge in [-0.1, -0.05) is 0 Å². The Balaban J connectivity index is 2.42. The first kappa shape index (κ1) is 9.64. The number of aldehydes is 1. The van der Waals surface area contributed by atoms with Crippen LogP contribution in [0.4, 0.5) is 0 Å². The Morgan fingerprint density at radius 2 is 2.50 bits per heavy atom. The number of likely N-dealkylation sites (tertiary alicyclic amines) is 1. The number of carbonyl (C=O) groups is 1. The summed E-state index contributed by atoms with van der Waals surface area (Å²) in [7, 11) is 0. The Morgan fingerprint density at radius 1 is 1.75 bits per heavy atom. The summed E-state index contributed by atoms with van der Waals surface area (Å²) in [6, 6.07) is 0.167. The zero-order valence-electron chi connectivity index (χ0n) is 7.15. The van der Waals surface area contributed by atoms with Crippen molar-refractivity contribution in [1.82, 2.24) is 4.90 Å². The summed E-state index contributed by atoms with van der Waals surface area (Å²) >= 11 is 0. The normalized spacial score (nSPS) is 27.3. The van der Waals surface area contributed by atoms with Gasteiger partial charge in [0.15, 0.2) is 0 Å². The second-order valence-electron chi connectivity index (χ2n) is 3.19. The molecule has 2 unspecified atom stereocenters. The molecule has 3 N–H and O–H groups in total. The van der Waals surface area contributed by atoms with Crippen molar-refractivity contribution in [2.45, 2.75) is 31.5 Å². The summed E-state index contributed by atoms with van der Waals surface area (Å²) < 4.78 is 0. The fourth-order valence-corrected chi connectivity index (χ4v) is 1.72. The average molecular weight is 172 g/mol. The van der Waals surface area contributed by atoms with Crippen LogP contribution in [0.1, 0.15) is 19.3 Å². The van der Waals surface area contributed by atoms with E-state index < -0.39 is 0 Å². The summed E-state index contributed by atoms with van der Waals surface area (Å²) in [6.07, 6.45) is 3.04. The molecular formula is C8H16N2O2. The van der Waals surface area contributed by atoms with Crippen molar-refractivity contribution in [3.05, 3.63) is 0 Å². The minimum Gasteiger partial charge on any atom is -0.395 e. The first-order valence-electron chi connectivity index (χ1n) is 4.35. The smallest absolute Gasteiger partial charge is 0.122 e. The third kappa shape index (κ3) is 2.03. The van der Waals surface area contributed by atoms with E-state index in [0.717, 1.165) is 25.7 Å². The van der Waals surface area contributed by atoms with E-state index in [0.29, 0.717) is 6.42 Å². The van der Waals surface area contributed by atoms with Crippen molar-refractivity contribution in [2.75, 3.05) is 13.2 Å². The van der Waals surface area contributed by atoms with Gasteiger partial charge in [0.25, 0.3) is 0 Å². The van der Waals surface area contributed by atoms with E-state index in [1.807, 2.05) is 4.90 Å². The van der Waals surface area contributed by atoms with Gasteiger partial charge in [0.1, 0.15) is 6.29 Å². The quantitative estimate of drug-likeness (QED) is 0.551. The molecule has 0 radical (unpaired) electrons. The molecule has 1 aliphatic heterocycles. The number of aliphatic hydroxyl groups excluding tert-OH is 1. The summed E-state index contributed by atoms with van der Waals surface area (Å²) in [6.45, 7) is 1.05. The maximum atomic E-state index is 10.2. The fourth-order valence-electron chi connectivity index (χ4n) is 1.72. The molecule has 0 saturated carbocycles. The summed E-state index contributed by atoms with van der Waals surface area (Å²) in [5.41, 5.74) is 5.74. The van der Waals surface area contributed by atoms with Crippen LogP contribution in [-0.2, 0) is 4.79 Å². The Kier molecular flexibility index (Phi) is 3.65. The van der Waals surface area contributed by atoms with Gasteiger partial charge in [-0.3, -0.25) is 4.90 Å². The molecule has 0 aromatic rings. The minimum atomic E-state index is -0.206. The Labute approximate surface area is 72.3 Å². The zero-order valence-corrected chi connectivity index (χ0v) is 7.15. The summed E-state index contributed by atoms with van der Waals surface area (Å²) in [5, 5.41) is 8.97. The Bertz CT molecular complexity index is 152. The molecule has 1 fully saturated rings. The average Bonchev–Trinajstić information content (AvgIpc) is 2.51. The van der Waals surface area contributed by atoms with Crippen molar-refractivity contribution in [3.8, 4) is 0 Å². The Hall–Kier alpha value is -0.450. The first-order chi connectivity index (χ1) is 5.79. The van der Waals surface area contributed by atoms with Gasteiger partial charge in [-0.2, -0.15) is 0 Å². The zero-order chi connectivity index (χ0) is 8.97. The molecule has 12 heavy (non-hydrogen) atoms. The van der Waals surface area contributed by atoms with Crippen molar-refractivity contribution in [2.24, 2.45) is 5.73 Å². The summed E-state index contributed by atoms with van der Waals surface area (Å²) in [5.74, 6) is 0. The van der Waals surface area contributed by atoms with Crippen molar-refractivity contribution < 1.29 is 9.90 Å². The molecule has 0 aromatic carbocycles. The highest BCUT2D eigenvalue weighted by Gasteiger charge is 2.27. The number of rotatable bonds is 4. The molecule has 70 valence electrons. The number of hydrogen-bond acceptors (Lipinski definition) is 4. The van der Waals surface area contributed by atoms with Gasteiger partial charge in [-0.05, 0) is 12.8 Å². The largest absolute Gasteiger partial charge is 0.395 e. The lowest BCUT2D eigenvalue weighted by atomic mass is 10.2. The molecule has 0 bridgehead atoms. The van der Waals surface area contributed by atoms with Gasteiger partial charge in [0.2, 0.25) is 0 Å². The van der Waals surface area contributed by atoms with E-state index in [-0.39, 0.29) is 18.8 Å². The number of carbonyl (C=O) groups excluding carboxylic acids is 1. The molecule has 0 aliphatic carbocycles. The molecule has 0 spiro atoms. The van der Waals surface area contributed by atoms with Gasteiger partial charge in [0, 0.05) is 19.0 Å². The second kappa shape index (κ2) is 4.54. The lowest BCUT2D eigenvalue weighted by Gasteiger charge is -2.27. The molecule has 2 atom stereocenters. The number of hydrogen-bond donors (Lipinski definition) is 2. The van der Waals surface area contributed by atoms with Gasteiger partial charge in [-0.25, -0.2) is 0 Å². The lowest BCUT2D eigenvalue weighted by molar-refractivity contribution is -0.109. The molecule has 1 heterocycles. The first-order valence-corrected chi connectivity index (χ1v) is 4.35. The van der Waals surface area contributed by atoms with E-state index in [9.17, 15) is 4.79 Å². The van der Waals surface area contributed by atoms with Crippen LogP contribution in [0.15, 0.2) is 0 Å². The fraction of sp³-hybridized carbons (Fsp3) is 0.875. The predicted molar refractivity (Wildman–Crippen MR) is 45.5 cm³/mol. The van der Waals surface area contributed by atoms with Gasteiger partial charge in [0.05, 0.1) is 12.8 Å². The van der Waals surface area contributed by atoms with Crippen molar-refractivity contribution in [3.63, 3.8) is 0 Å². The minimum absolute atomic E-state index is 0.145. The number of nitrogens with zero attached hydrogens (tertiary/aromatic N) is 1. The molecular weight excluding hydrogens is 156 g/mol. The van der Waals surface area contributed by atoms with Gasteiger partial charge in [-0.15, -0.1) is 0 Å². The maximum Gasteiger partial charge on any atom is 0.122 e. The number of aliphatic hydroxyl groups is 1. The maximum absolute atomic E-state index is 10.2. The van der Waals surface area contributed by atoms with E-state index in [1.165, 1.54) is 0 Å². The van der Waals surface area contributed by atoms with E-state index >= 15 is 0 Å². The third-order valence-corrected chi connectivity index (χ3v) is 2.40. The van der Waals surface area contributed by atoms with Crippen LogP contribution in [0.25, 0.3) is 0 Å². The van der Waals surface area contributed by atoms with Crippen molar-refractivity contribution >= 4 is 6.29 Å². The van der Waals surface area contributed by atoms with Crippen LogP contribution in [0.5, 0.6) is 0 Å². The highest BCUT2D eigenvalue weighted by atomic mass is 16.3. The van der Waals surface area contributed by atoms with E-state index in [4.69, 9.17) is 10.8 Å². The monoisotopic (exact) mass is 172 g/mol. The molecule has 4 heteroatoms. The van der Waals surface area contributed by atoms with Crippen LogP contribution in [0, 0.1) is 0 Å². The number of nitrogens with two attached hydrogens (primary N) is 1. The van der Waals surface area contributed by atoms with E-state index in [1.54, 1.807) is 0 Å². The molecule has 4 nitrogen and oxygen atoms in total. The highest BCUT2D eigenvalue weighted by molar-refractivity contribution is 5.50. The van der Waals surface area contributed by atoms with Gasteiger partial charge >= 0.3 is 0 Å². The predicted octanol–water partition coefficient (Wildman–Crippen LogP) is -0.683. The molecule has 1 aliphatic rings. The Morgan fingerprint density at radius 3 is 3.08 bits per heavy atom. The summed E-state index contributed by atoms with van der Waals surface area (Å²) in [4.78, 5) is 12.2. The third-order valence-electron chi connectivity index (χ3n) is 2.40. The van der Waals surface area contributed by atoms with Crippen LogP contribution < -0.4 is 5.73 Å². The topological polar surface area (TPSA) is 66.6 Å². The van der Waals surface area contributed by atoms with Crippen LogP contribution in [0.3, 0.4) is 0 Å². The molecule has 1 rings (SSSR count). The second-order valence-corrected chi connectivity index (χ2v) is 3.19. The van der Waals surface area contributed by atoms with Crippen molar-refractivity contribution in [1.29, 1.82) is 0 Å². The molecule has 0 amide bonds. The standard InChI is InChI=1S/C8H16N2O2/c9-8(3-5-11)10-4-1-2-7(10)6-12/h5,7-8,12H,1-4,6,9H2. The highest BCUT2D eigenvalue weighted by Crippen LogP contribution is 2.18.